The summed E-state index contributed by atoms with van der Waals surface area (Å²) in [5, 5.41) is 10.7. The fourth-order valence-electron chi connectivity index (χ4n) is 10.5. The van der Waals surface area contributed by atoms with E-state index < -0.39 is 97.5 Å². The molecule has 110 heavy (non-hydrogen) atoms. The SMILES string of the molecule is CC/C=C\C/C=C\C/C=C\C/C=C\C/C=C\CCCCCC(=O)O[C@H](COC(=O)CCCCCCC/C=C\CCCCCCCC)COP(=O)(O)OC[C@H](O)COP(=O)(O)OC[C@@H](COC(=O)CC/C=C\C/C=C\C/C=C\C/C=C\C/C=C\CCCCC)OC(=O)CCC/C=C\C/C=C\C/C=C\C/C=C\CCCCC. The maximum absolute atomic E-state index is 13.1. The van der Waals surface area contributed by atoms with Gasteiger partial charge in [0.25, 0.3) is 0 Å². The van der Waals surface area contributed by atoms with Crippen LogP contribution in [0.2, 0.25) is 0 Å². The predicted octanol–water partition coefficient (Wildman–Crippen LogP) is 25.1. The third-order valence-corrected chi connectivity index (χ3v) is 18.7. The topological polar surface area (TPSA) is 237 Å². The molecule has 0 bridgehead atoms. The summed E-state index contributed by atoms with van der Waals surface area (Å²) < 4.78 is 68.6. The molecule has 0 fully saturated rings. The highest BCUT2D eigenvalue weighted by atomic mass is 31.2. The number of ether oxygens (including phenoxy) is 4. The zero-order valence-electron chi connectivity index (χ0n) is 68.4. The molecule has 0 aliphatic rings. The Kier molecular flexibility index (Phi) is 76.9. The second-order valence-electron chi connectivity index (χ2n) is 27.3. The Morgan fingerprint density at radius 3 is 0.855 bits per heavy atom. The Balaban J connectivity index is 5.55. The molecule has 0 saturated carbocycles. The first-order valence-electron chi connectivity index (χ1n) is 42.0. The minimum absolute atomic E-state index is 0.00391. The molecule has 0 heterocycles. The van der Waals surface area contributed by atoms with Crippen LogP contribution in [-0.2, 0) is 65.4 Å². The first-order valence-corrected chi connectivity index (χ1v) is 45.0. The smallest absolute Gasteiger partial charge is 0.462 e. The molecule has 3 N–H and O–H groups in total. The van der Waals surface area contributed by atoms with E-state index in [0.29, 0.717) is 38.5 Å². The molecule has 17 nitrogen and oxygen atoms in total. The Morgan fingerprint density at radius 2 is 0.500 bits per heavy atom. The molecule has 0 spiro atoms. The molecule has 0 aromatic rings. The van der Waals surface area contributed by atoms with Crippen LogP contribution in [0, 0.1) is 0 Å². The molecule has 0 aromatic heterocycles. The van der Waals surface area contributed by atoms with Crippen molar-refractivity contribution >= 4 is 39.5 Å². The van der Waals surface area contributed by atoms with Crippen molar-refractivity contribution in [1.29, 1.82) is 0 Å². The van der Waals surface area contributed by atoms with Gasteiger partial charge in [0.05, 0.1) is 26.4 Å². The zero-order chi connectivity index (χ0) is 80.3. The number of phosphoric acid groups is 2. The highest BCUT2D eigenvalue weighted by Crippen LogP contribution is 2.45. The van der Waals surface area contributed by atoms with E-state index in [-0.39, 0.29) is 25.7 Å². The van der Waals surface area contributed by atoms with E-state index in [0.717, 1.165) is 141 Å². The van der Waals surface area contributed by atoms with Gasteiger partial charge in [0, 0.05) is 25.7 Å². The number of rotatable bonds is 77. The van der Waals surface area contributed by atoms with Gasteiger partial charge in [-0.2, -0.15) is 0 Å². The number of carbonyl (C=O) groups excluding carboxylic acids is 4. The number of aliphatic hydroxyl groups is 1. The Hall–Kier alpha value is -5.84. The normalized spacial score (nSPS) is 14.7. The summed E-state index contributed by atoms with van der Waals surface area (Å²) in [4.78, 5) is 73.1. The fraction of sp³-hybridized carbons (Fsp3) is 0.626. The van der Waals surface area contributed by atoms with E-state index in [1.54, 1.807) is 0 Å². The molecule has 0 aromatic carbocycles. The van der Waals surface area contributed by atoms with Gasteiger partial charge in [0.15, 0.2) is 12.2 Å². The number of phosphoric ester groups is 2. The number of aliphatic hydroxyl groups excluding tert-OH is 1. The number of hydrogen-bond donors (Lipinski definition) is 3. The van der Waals surface area contributed by atoms with Crippen molar-refractivity contribution in [3.63, 3.8) is 0 Å². The van der Waals surface area contributed by atoms with Gasteiger partial charge in [-0.3, -0.25) is 37.3 Å². The summed E-state index contributed by atoms with van der Waals surface area (Å²) in [6, 6.07) is 0. The number of esters is 4. The predicted molar refractivity (Wildman–Crippen MR) is 454 cm³/mol. The van der Waals surface area contributed by atoms with Gasteiger partial charge in [-0.25, -0.2) is 9.13 Å². The summed E-state index contributed by atoms with van der Waals surface area (Å²) in [6.45, 7) is 4.50. The first-order chi connectivity index (χ1) is 53.7. The van der Waals surface area contributed by atoms with Crippen molar-refractivity contribution in [3.05, 3.63) is 182 Å². The Labute approximate surface area is 666 Å². The van der Waals surface area contributed by atoms with E-state index in [1.807, 2.05) is 30.4 Å². The zero-order valence-corrected chi connectivity index (χ0v) is 70.1. The number of hydrogen-bond acceptors (Lipinski definition) is 15. The average Bonchev–Trinajstić information content (AvgIpc) is 0.900. The fourth-order valence-corrected chi connectivity index (χ4v) is 12.0. The maximum Gasteiger partial charge on any atom is 0.472 e. The molecule has 0 saturated heterocycles. The monoisotopic (exact) mass is 1580 g/mol. The largest absolute Gasteiger partial charge is 0.472 e. The molecule has 624 valence electrons. The molecular formula is C91H148O17P2. The van der Waals surface area contributed by atoms with Crippen molar-refractivity contribution in [2.45, 2.75) is 329 Å². The molecule has 2 unspecified atom stereocenters. The summed E-state index contributed by atoms with van der Waals surface area (Å²) in [6.07, 6.45) is 98.8. The average molecular weight is 1580 g/mol. The summed E-state index contributed by atoms with van der Waals surface area (Å²) >= 11 is 0. The van der Waals surface area contributed by atoms with Crippen LogP contribution in [0.15, 0.2) is 182 Å². The van der Waals surface area contributed by atoms with Gasteiger partial charge in [-0.15, -0.1) is 0 Å². The van der Waals surface area contributed by atoms with Crippen molar-refractivity contribution in [2.75, 3.05) is 39.6 Å². The van der Waals surface area contributed by atoms with Gasteiger partial charge >= 0.3 is 39.5 Å². The summed E-state index contributed by atoms with van der Waals surface area (Å²) in [7, 11) is -10.0. The minimum atomic E-state index is -5.02. The van der Waals surface area contributed by atoms with E-state index in [2.05, 4.69) is 180 Å². The lowest BCUT2D eigenvalue weighted by Gasteiger charge is -2.21. The van der Waals surface area contributed by atoms with Crippen LogP contribution in [0.25, 0.3) is 0 Å². The van der Waals surface area contributed by atoms with E-state index in [1.165, 1.54) is 77.0 Å². The lowest BCUT2D eigenvalue weighted by molar-refractivity contribution is -0.161. The first kappa shape index (κ1) is 104. The van der Waals surface area contributed by atoms with Gasteiger partial charge in [0.2, 0.25) is 0 Å². The lowest BCUT2D eigenvalue weighted by atomic mass is 10.1. The van der Waals surface area contributed by atoms with E-state index >= 15 is 0 Å². The standard InChI is InChI=1S/C91H148O17P2/c1-5-9-13-17-21-25-29-33-37-40-42-45-48-52-56-60-64-68-72-76-89(94)102-82-87(107-90(95)77-73-69-65-61-57-53-49-44-39-35-31-27-23-19-15-11-7-3)84-106-110(99,100)104-80-85(92)79-103-109(97,98)105-83-86(81-101-88(93)75-71-67-63-59-55-51-47-36-32-28-24-20-16-12-8-4)108-91(96)78-74-70-66-62-58-54-50-46-43-41-38-34-30-26-22-18-14-10-6-2/h10,14,21-23,25-27,33-39,42-43,45-47,49,52-54,56,58,61,64-65,68,85-87,92H,5-9,11-13,15-20,24,28-32,40-41,44,48,50-51,55,57,59-60,62-63,66-67,69-84H2,1-4H3,(H,97,98)(H,99,100)/b14-10-,25-21-,26-22-,27-23-,37-33-,38-34-,39-35-,45-42-,46-43-,47-36-,53-49-,56-52-,58-54-,65-61-,68-64-/t85-,86+,87+/m0/s1. The van der Waals surface area contributed by atoms with Crippen molar-refractivity contribution in [3.8, 4) is 0 Å². The second-order valence-corrected chi connectivity index (χ2v) is 30.2. The van der Waals surface area contributed by atoms with E-state index in [4.69, 9.17) is 37.0 Å². The maximum atomic E-state index is 13.1. The molecule has 0 amide bonds. The van der Waals surface area contributed by atoms with Gasteiger partial charge in [-0.1, -0.05) is 293 Å². The van der Waals surface area contributed by atoms with Gasteiger partial charge in [-0.05, 0) is 173 Å². The van der Waals surface area contributed by atoms with Gasteiger partial charge in [0.1, 0.15) is 19.3 Å². The van der Waals surface area contributed by atoms with Crippen LogP contribution in [0.5, 0.6) is 0 Å². The number of unbranched alkanes of at least 4 members (excludes halogenated alkanes) is 21. The van der Waals surface area contributed by atoms with Crippen LogP contribution < -0.4 is 0 Å². The minimum Gasteiger partial charge on any atom is -0.462 e. The third kappa shape index (κ3) is 80.2. The Morgan fingerprint density at radius 1 is 0.264 bits per heavy atom. The third-order valence-electron chi connectivity index (χ3n) is 16.8. The molecule has 0 radical (unpaired) electrons. The quantitative estimate of drug-likeness (QED) is 0.0169. The van der Waals surface area contributed by atoms with Crippen LogP contribution in [0.1, 0.15) is 310 Å². The highest BCUT2D eigenvalue weighted by Gasteiger charge is 2.30. The van der Waals surface area contributed by atoms with Crippen LogP contribution >= 0.6 is 15.6 Å². The highest BCUT2D eigenvalue weighted by molar-refractivity contribution is 7.47. The molecular weight excluding hydrogens is 1430 g/mol. The van der Waals surface area contributed by atoms with Crippen molar-refractivity contribution < 1.29 is 80.2 Å². The van der Waals surface area contributed by atoms with Crippen LogP contribution in [0.3, 0.4) is 0 Å². The van der Waals surface area contributed by atoms with Crippen molar-refractivity contribution in [1.82, 2.24) is 0 Å². The number of allylic oxidation sites excluding steroid dienone is 30. The van der Waals surface area contributed by atoms with E-state index in [9.17, 15) is 43.2 Å². The second kappa shape index (κ2) is 81.2. The summed E-state index contributed by atoms with van der Waals surface area (Å²) in [5.41, 5.74) is 0. The van der Waals surface area contributed by atoms with Crippen LogP contribution in [-0.4, -0.2) is 96.7 Å². The number of carbonyl (C=O) groups is 4. The molecule has 19 heteroatoms. The molecule has 0 aliphatic heterocycles. The molecule has 0 rings (SSSR count). The molecule has 0 aliphatic carbocycles. The lowest BCUT2D eigenvalue weighted by Crippen LogP contribution is -2.30. The summed E-state index contributed by atoms with van der Waals surface area (Å²) in [5.74, 6) is -2.40. The van der Waals surface area contributed by atoms with Gasteiger partial charge < -0.3 is 33.8 Å². The van der Waals surface area contributed by atoms with Crippen molar-refractivity contribution in [2.24, 2.45) is 0 Å². The Bertz CT molecular complexity index is 2800. The van der Waals surface area contributed by atoms with Crippen LogP contribution in [0.4, 0.5) is 0 Å². The molecule has 5 atom stereocenters.